The molecule has 2 aromatic heterocycles. The molecule has 1 saturated heterocycles. The van der Waals surface area contributed by atoms with Gasteiger partial charge in [0.15, 0.2) is 0 Å². The quantitative estimate of drug-likeness (QED) is 0.206. The predicted molar refractivity (Wildman–Crippen MR) is 155 cm³/mol. The number of methoxy groups -OCH3 is 1. The summed E-state index contributed by atoms with van der Waals surface area (Å²) in [6, 6.07) is 7.23. The lowest BCUT2D eigenvalue weighted by Crippen LogP contribution is -2.63. The Kier molecular flexibility index (Phi) is 6.67. The molecule has 40 heavy (non-hydrogen) atoms. The molecule has 1 spiro atoms. The molecule has 0 radical (unpaired) electrons. The molecule has 0 atom stereocenters. The Bertz CT molecular complexity index is 1630. The number of aromatic nitrogens is 4. The fourth-order valence-corrected chi connectivity index (χ4v) is 6.59. The highest BCUT2D eigenvalue weighted by Gasteiger charge is 2.54. The van der Waals surface area contributed by atoms with Crippen LogP contribution in [-0.4, -0.2) is 64.1 Å². The molecule has 2 fully saturated rings. The fraction of sp³-hybridized carbons (Fsp3) is 0.367. The van der Waals surface area contributed by atoms with Crippen molar-refractivity contribution < 1.29 is 13.9 Å². The van der Waals surface area contributed by atoms with Gasteiger partial charge >= 0.3 is 0 Å². The Balaban J connectivity index is 1.42. The number of aromatic amines is 1. The number of H-pyrrole nitrogens is 1. The van der Waals surface area contributed by atoms with Crippen LogP contribution < -0.4 is 5.32 Å². The zero-order valence-electron chi connectivity index (χ0n) is 22.9. The minimum absolute atomic E-state index is 0.0252. The van der Waals surface area contributed by atoms with Gasteiger partial charge in [-0.2, -0.15) is 10.2 Å². The van der Waals surface area contributed by atoms with E-state index in [1.165, 1.54) is 12.1 Å². The molecule has 2 aromatic carbocycles. The second-order valence-electron chi connectivity index (χ2n) is 11.0. The first-order chi connectivity index (χ1) is 19.2. The van der Waals surface area contributed by atoms with E-state index in [4.69, 9.17) is 21.4 Å². The van der Waals surface area contributed by atoms with E-state index in [9.17, 15) is 4.79 Å². The maximum Gasteiger partial charge on any atom is 0.245 e. The molecule has 4 aromatic rings. The summed E-state index contributed by atoms with van der Waals surface area (Å²) < 4.78 is 22.9. The molecule has 2 N–H and O–H groups in total. The van der Waals surface area contributed by atoms with E-state index in [2.05, 4.69) is 22.1 Å². The van der Waals surface area contributed by atoms with Crippen molar-refractivity contribution in [2.45, 2.75) is 32.7 Å². The molecule has 8 nitrogen and oxygen atoms in total. The number of nitrogens with zero attached hydrogens (tertiary/aromatic N) is 4. The van der Waals surface area contributed by atoms with Crippen molar-refractivity contribution in [2.24, 2.45) is 5.41 Å². The summed E-state index contributed by atoms with van der Waals surface area (Å²) in [5, 5.41) is 17.0. The molecular weight excluding hydrogens is 531 g/mol. The van der Waals surface area contributed by atoms with Gasteiger partial charge < -0.3 is 15.0 Å². The summed E-state index contributed by atoms with van der Waals surface area (Å²) in [7, 11) is 1.63. The van der Waals surface area contributed by atoms with Gasteiger partial charge in [0, 0.05) is 65.6 Å². The third-order valence-electron chi connectivity index (χ3n) is 8.35. The SMILES string of the molecule is C=CC(=O)N1CC2(CC(n3nc(-c4ccc(NCCOC)cc4F)c(-c4c(Cl)c(C)cc5[nH]ncc45)c3C)C2)C1. The number of hydrogen-bond donors (Lipinski definition) is 2. The second-order valence-corrected chi connectivity index (χ2v) is 11.4. The zero-order valence-corrected chi connectivity index (χ0v) is 23.6. The summed E-state index contributed by atoms with van der Waals surface area (Å²) in [5.41, 5.74) is 6.02. The molecule has 2 aliphatic rings. The van der Waals surface area contributed by atoms with Gasteiger partial charge in [-0.25, -0.2) is 4.39 Å². The molecule has 1 saturated carbocycles. The van der Waals surface area contributed by atoms with Gasteiger partial charge in [-0.05, 0) is 62.6 Å². The van der Waals surface area contributed by atoms with Gasteiger partial charge in [0.1, 0.15) is 11.5 Å². The van der Waals surface area contributed by atoms with Crippen LogP contribution in [0.15, 0.2) is 43.1 Å². The Labute approximate surface area is 237 Å². The van der Waals surface area contributed by atoms with Crippen molar-refractivity contribution in [1.29, 1.82) is 0 Å². The number of fused-ring (bicyclic) bond motifs is 1. The van der Waals surface area contributed by atoms with Crippen molar-refractivity contribution >= 4 is 34.1 Å². The lowest BCUT2D eigenvalue weighted by atomic mass is 9.60. The number of halogens is 2. The fourth-order valence-electron chi connectivity index (χ4n) is 6.34. The number of amides is 1. The summed E-state index contributed by atoms with van der Waals surface area (Å²) in [4.78, 5) is 13.8. The molecule has 6 rings (SSSR count). The number of nitrogens with one attached hydrogen (secondary N) is 2. The highest BCUT2D eigenvalue weighted by molar-refractivity contribution is 6.36. The normalized spacial score (nSPS) is 16.3. The number of carbonyl (C=O) groups is 1. The van der Waals surface area contributed by atoms with E-state index in [0.29, 0.717) is 35.1 Å². The largest absolute Gasteiger partial charge is 0.383 e. The van der Waals surface area contributed by atoms with Gasteiger partial charge in [-0.15, -0.1) is 0 Å². The highest BCUT2D eigenvalue weighted by atomic mass is 35.5. The molecule has 1 aliphatic heterocycles. The van der Waals surface area contributed by atoms with Crippen molar-refractivity contribution in [1.82, 2.24) is 24.9 Å². The second kappa shape index (κ2) is 10.1. The number of anilines is 1. The van der Waals surface area contributed by atoms with Crippen LogP contribution in [0.1, 0.15) is 30.1 Å². The molecular formula is C30H32ClFN6O2. The molecule has 3 heterocycles. The lowest BCUT2D eigenvalue weighted by molar-refractivity contribution is -0.149. The number of rotatable bonds is 8. The van der Waals surface area contributed by atoms with E-state index >= 15 is 4.39 Å². The average molecular weight is 563 g/mol. The van der Waals surface area contributed by atoms with Gasteiger partial charge in [0.2, 0.25) is 5.91 Å². The first-order valence-corrected chi connectivity index (χ1v) is 13.8. The Hall–Kier alpha value is -3.69. The Morgan fingerprint density at radius 1 is 1.30 bits per heavy atom. The van der Waals surface area contributed by atoms with Crippen molar-refractivity contribution in [3.8, 4) is 22.4 Å². The van der Waals surface area contributed by atoms with Crippen LogP contribution in [0, 0.1) is 25.1 Å². The molecule has 1 aliphatic carbocycles. The summed E-state index contributed by atoms with van der Waals surface area (Å²) in [6.45, 7) is 10.1. The van der Waals surface area contributed by atoms with Crippen LogP contribution in [0.2, 0.25) is 5.02 Å². The number of benzene rings is 2. The van der Waals surface area contributed by atoms with Crippen LogP contribution in [0.3, 0.4) is 0 Å². The topological polar surface area (TPSA) is 88.1 Å². The summed E-state index contributed by atoms with van der Waals surface area (Å²) in [6.07, 6.45) is 4.94. The Morgan fingerprint density at radius 3 is 2.77 bits per heavy atom. The van der Waals surface area contributed by atoms with Gasteiger partial charge in [0.25, 0.3) is 0 Å². The number of aryl methyl sites for hydroxylation is 1. The number of hydrogen-bond acceptors (Lipinski definition) is 5. The van der Waals surface area contributed by atoms with Gasteiger partial charge in [0.05, 0.1) is 29.4 Å². The van der Waals surface area contributed by atoms with Crippen molar-refractivity contribution in [3.05, 3.63) is 65.2 Å². The zero-order chi connectivity index (χ0) is 28.2. The van der Waals surface area contributed by atoms with Crippen molar-refractivity contribution in [3.63, 3.8) is 0 Å². The minimum Gasteiger partial charge on any atom is -0.383 e. The third-order valence-corrected chi connectivity index (χ3v) is 8.83. The van der Waals surface area contributed by atoms with E-state index < -0.39 is 0 Å². The number of carbonyl (C=O) groups excluding carboxylic acids is 1. The molecule has 1 amide bonds. The van der Waals surface area contributed by atoms with Crippen LogP contribution in [0.4, 0.5) is 10.1 Å². The maximum absolute atomic E-state index is 15.7. The summed E-state index contributed by atoms with van der Waals surface area (Å²) in [5.74, 6) is -0.397. The van der Waals surface area contributed by atoms with Crippen LogP contribution in [-0.2, 0) is 9.53 Å². The van der Waals surface area contributed by atoms with E-state index in [1.54, 1.807) is 19.4 Å². The smallest absolute Gasteiger partial charge is 0.245 e. The maximum atomic E-state index is 15.7. The van der Waals surface area contributed by atoms with Crippen molar-refractivity contribution in [2.75, 3.05) is 38.7 Å². The average Bonchev–Trinajstić information content (AvgIpc) is 3.48. The first-order valence-electron chi connectivity index (χ1n) is 13.4. The summed E-state index contributed by atoms with van der Waals surface area (Å²) >= 11 is 6.96. The molecule has 0 bridgehead atoms. The lowest BCUT2D eigenvalue weighted by Gasteiger charge is -2.58. The van der Waals surface area contributed by atoms with Gasteiger partial charge in [-0.3, -0.25) is 14.6 Å². The number of ether oxygens (including phenoxy) is 1. The Morgan fingerprint density at radius 2 is 2.08 bits per heavy atom. The third kappa shape index (κ3) is 4.28. The van der Waals surface area contributed by atoms with E-state index in [0.717, 1.165) is 59.2 Å². The predicted octanol–water partition coefficient (Wildman–Crippen LogP) is 5.91. The minimum atomic E-state index is -0.372. The molecule has 0 unspecified atom stereocenters. The van der Waals surface area contributed by atoms with E-state index in [1.807, 2.05) is 35.6 Å². The standard InChI is InChI=1S/C30H32ClFN6O2/c1-5-25(39)37-15-30(16-37)12-20(13-30)38-18(3)26(27-22-14-34-35-24(22)10-17(2)28(27)31)29(36-38)21-7-6-19(11-23(21)32)33-8-9-40-4/h5-7,10-11,14,20,33H,1,8-9,12-13,15-16H2,2-4H3,(H,34,35). The number of likely N-dealkylation sites (tertiary alicyclic amines) is 1. The highest BCUT2D eigenvalue weighted by Crippen LogP contribution is 2.55. The monoisotopic (exact) mass is 562 g/mol. The van der Waals surface area contributed by atoms with Gasteiger partial charge in [-0.1, -0.05) is 18.2 Å². The first kappa shape index (κ1) is 26.5. The van der Waals surface area contributed by atoms with Crippen LogP contribution in [0.5, 0.6) is 0 Å². The van der Waals surface area contributed by atoms with E-state index in [-0.39, 0.29) is 23.2 Å². The molecule has 208 valence electrons. The van der Waals surface area contributed by atoms with Crippen LogP contribution in [0.25, 0.3) is 33.3 Å². The van der Waals surface area contributed by atoms with Crippen LogP contribution >= 0.6 is 11.6 Å². The molecule has 10 heteroatoms.